The van der Waals surface area contributed by atoms with Gasteiger partial charge in [-0.1, -0.05) is 29.3 Å². The van der Waals surface area contributed by atoms with Gasteiger partial charge in [0, 0.05) is 0 Å². The summed E-state index contributed by atoms with van der Waals surface area (Å²) in [6.45, 7) is 0. The first kappa shape index (κ1) is 13.3. The van der Waals surface area contributed by atoms with E-state index >= 15 is 0 Å². The molecule has 4 nitrogen and oxygen atoms in total. The van der Waals surface area contributed by atoms with Crippen molar-refractivity contribution in [2.45, 2.75) is 12.2 Å². The van der Waals surface area contributed by atoms with E-state index in [9.17, 15) is 15.0 Å². The highest BCUT2D eigenvalue weighted by Gasteiger charge is 2.26. The summed E-state index contributed by atoms with van der Waals surface area (Å²) in [5, 5.41) is 19.6. The van der Waals surface area contributed by atoms with Gasteiger partial charge in [-0.2, -0.15) is 0 Å². The fourth-order valence-electron chi connectivity index (χ4n) is 1.13. The van der Waals surface area contributed by atoms with E-state index in [2.05, 4.69) is 4.74 Å². The van der Waals surface area contributed by atoms with Crippen LogP contribution in [-0.2, 0) is 9.53 Å². The molecule has 0 aromatic heterocycles. The van der Waals surface area contributed by atoms with Crippen LogP contribution < -0.4 is 0 Å². The van der Waals surface area contributed by atoms with Crippen molar-refractivity contribution < 1.29 is 19.7 Å². The number of carbonyl (C=O) groups is 1. The van der Waals surface area contributed by atoms with Crippen LogP contribution in [0, 0.1) is 0 Å². The second-order valence-corrected chi connectivity index (χ2v) is 3.90. The average Bonchev–Trinajstić information content (AvgIpc) is 2.29. The lowest BCUT2D eigenvalue weighted by atomic mass is 10.0. The van der Waals surface area contributed by atoms with E-state index in [1.165, 1.54) is 18.2 Å². The van der Waals surface area contributed by atoms with Gasteiger partial charge < -0.3 is 14.9 Å². The quantitative estimate of drug-likeness (QED) is 0.814. The molecule has 1 aromatic rings. The molecule has 0 saturated carbocycles. The molecule has 0 heterocycles. The van der Waals surface area contributed by atoms with Crippen LogP contribution in [0.5, 0.6) is 0 Å². The Morgan fingerprint density at radius 3 is 2.44 bits per heavy atom. The number of hydrogen-bond donors (Lipinski definition) is 2. The van der Waals surface area contributed by atoms with Crippen LogP contribution in [0.4, 0.5) is 0 Å². The van der Waals surface area contributed by atoms with E-state index in [1.54, 1.807) is 0 Å². The number of methoxy groups -OCH3 is 1. The Balaban J connectivity index is 2.91. The topological polar surface area (TPSA) is 66.8 Å². The first-order valence-corrected chi connectivity index (χ1v) is 5.12. The molecular weight excluding hydrogens is 255 g/mol. The van der Waals surface area contributed by atoms with Gasteiger partial charge >= 0.3 is 5.97 Å². The third-order valence-electron chi connectivity index (χ3n) is 2.03. The first-order valence-electron chi connectivity index (χ1n) is 4.36. The predicted octanol–water partition coefficient (Wildman–Crippen LogP) is 1.56. The smallest absolute Gasteiger partial charge is 0.337 e. The zero-order chi connectivity index (χ0) is 12.3. The molecule has 88 valence electrons. The number of aliphatic hydroxyl groups is 2. The fraction of sp³-hybridized carbons (Fsp3) is 0.300. The number of carbonyl (C=O) groups excluding carboxylic acids is 1. The second kappa shape index (κ2) is 5.50. The molecule has 0 unspecified atom stereocenters. The summed E-state index contributed by atoms with van der Waals surface area (Å²) in [5.41, 5.74) is 0.285. The average molecular weight is 265 g/mol. The van der Waals surface area contributed by atoms with E-state index in [1.807, 2.05) is 0 Å². The zero-order valence-electron chi connectivity index (χ0n) is 8.35. The molecule has 2 atom stereocenters. The van der Waals surface area contributed by atoms with Crippen LogP contribution in [-0.4, -0.2) is 29.4 Å². The Labute approximate surface area is 102 Å². The fourth-order valence-corrected chi connectivity index (χ4v) is 1.43. The maximum Gasteiger partial charge on any atom is 0.337 e. The van der Waals surface area contributed by atoms with E-state index in [0.717, 1.165) is 7.11 Å². The monoisotopic (exact) mass is 264 g/mol. The third-order valence-corrected chi connectivity index (χ3v) is 2.77. The van der Waals surface area contributed by atoms with Gasteiger partial charge in [-0.15, -0.1) is 0 Å². The predicted molar refractivity (Wildman–Crippen MR) is 59.4 cm³/mol. The number of aliphatic hydroxyl groups excluding tert-OH is 2. The number of ether oxygens (including phenoxy) is 1. The first-order chi connectivity index (χ1) is 7.47. The highest BCUT2D eigenvalue weighted by Crippen LogP contribution is 2.27. The molecule has 0 aliphatic heterocycles. The minimum atomic E-state index is -1.65. The summed E-state index contributed by atoms with van der Waals surface area (Å²) < 4.78 is 4.30. The SMILES string of the molecule is COC(=O)[C@H](O)[C@@H](O)c1ccc(Cl)c(Cl)c1. The van der Waals surface area contributed by atoms with E-state index in [-0.39, 0.29) is 10.6 Å². The van der Waals surface area contributed by atoms with Gasteiger partial charge in [-0.25, -0.2) is 4.79 Å². The third kappa shape index (κ3) is 2.86. The van der Waals surface area contributed by atoms with Gasteiger partial charge in [-0.05, 0) is 17.7 Å². The van der Waals surface area contributed by atoms with Crippen molar-refractivity contribution in [2.24, 2.45) is 0 Å². The summed E-state index contributed by atoms with van der Waals surface area (Å²) in [7, 11) is 1.12. The Kier molecular flexibility index (Phi) is 4.56. The van der Waals surface area contributed by atoms with Gasteiger partial charge in [0.2, 0.25) is 0 Å². The van der Waals surface area contributed by atoms with Gasteiger partial charge in [-0.3, -0.25) is 0 Å². The summed E-state index contributed by atoms with van der Waals surface area (Å²) in [6, 6.07) is 4.30. The molecule has 0 spiro atoms. The molecule has 6 heteroatoms. The van der Waals surface area contributed by atoms with Gasteiger partial charge in [0.1, 0.15) is 6.10 Å². The molecule has 0 saturated heterocycles. The van der Waals surface area contributed by atoms with Crippen LogP contribution in [0.15, 0.2) is 18.2 Å². The van der Waals surface area contributed by atoms with Gasteiger partial charge in [0.25, 0.3) is 0 Å². The Morgan fingerprint density at radius 1 is 1.31 bits per heavy atom. The number of esters is 1. The molecule has 1 aromatic carbocycles. The van der Waals surface area contributed by atoms with Crippen molar-refractivity contribution >= 4 is 29.2 Å². The maximum atomic E-state index is 11.0. The van der Waals surface area contributed by atoms with Crippen molar-refractivity contribution in [1.82, 2.24) is 0 Å². The standard InChI is InChI=1S/C10H10Cl2O4/c1-16-10(15)9(14)8(13)5-2-3-6(11)7(12)4-5/h2-4,8-9,13-14H,1H3/t8-,9+/m0/s1. The van der Waals surface area contributed by atoms with Crippen LogP contribution in [0.3, 0.4) is 0 Å². The second-order valence-electron chi connectivity index (χ2n) is 3.09. The van der Waals surface area contributed by atoms with Crippen molar-refractivity contribution in [1.29, 1.82) is 0 Å². The molecule has 0 amide bonds. The molecule has 1 rings (SSSR count). The highest BCUT2D eigenvalue weighted by atomic mass is 35.5. The molecule has 0 radical (unpaired) electrons. The van der Waals surface area contributed by atoms with Crippen LogP contribution in [0.1, 0.15) is 11.7 Å². The van der Waals surface area contributed by atoms with Crippen LogP contribution in [0.2, 0.25) is 10.0 Å². The Hall–Kier alpha value is -0.810. The van der Waals surface area contributed by atoms with Crippen LogP contribution >= 0.6 is 23.2 Å². The van der Waals surface area contributed by atoms with Crippen molar-refractivity contribution in [2.75, 3.05) is 7.11 Å². The molecule has 0 fully saturated rings. The number of halogens is 2. The van der Waals surface area contributed by atoms with E-state index in [4.69, 9.17) is 23.2 Å². The molecule has 2 N–H and O–H groups in total. The van der Waals surface area contributed by atoms with Crippen molar-refractivity contribution in [3.63, 3.8) is 0 Å². The lowest BCUT2D eigenvalue weighted by molar-refractivity contribution is -0.156. The Bertz CT molecular complexity index is 394. The minimum Gasteiger partial charge on any atom is -0.467 e. The molecule has 0 aliphatic rings. The number of rotatable bonds is 3. The normalized spacial score (nSPS) is 14.3. The largest absolute Gasteiger partial charge is 0.467 e. The van der Waals surface area contributed by atoms with E-state index < -0.39 is 18.2 Å². The summed E-state index contributed by atoms with van der Waals surface area (Å²) in [5.74, 6) is -0.918. The molecule has 0 aliphatic carbocycles. The maximum absolute atomic E-state index is 11.0. The molecule has 0 bridgehead atoms. The summed E-state index contributed by atoms with van der Waals surface area (Å²) in [4.78, 5) is 11.0. The summed E-state index contributed by atoms with van der Waals surface area (Å²) in [6.07, 6.45) is -3.05. The summed E-state index contributed by atoms with van der Waals surface area (Å²) >= 11 is 11.4. The highest BCUT2D eigenvalue weighted by molar-refractivity contribution is 6.42. The van der Waals surface area contributed by atoms with Gasteiger partial charge in [0.05, 0.1) is 17.2 Å². The Morgan fingerprint density at radius 2 is 1.94 bits per heavy atom. The molecular formula is C10H10Cl2O4. The van der Waals surface area contributed by atoms with Crippen LogP contribution in [0.25, 0.3) is 0 Å². The van der Waals surface area contributed by atoms with E-state index in [0.29, 0.717) is 5.02 Å². The molecule has 16 heavy (non-hydrogen) atoms. The van der Waals surface area contributed by atoms with Crippen molar-refractivity contribution in [3.8, 4) is 0 Å². The van der Waals surface area contributed by atoms with Gasteiger partial charge in [0.15, 0.2) is 6.10 Å². The number of hydrogen-bond acceptors (Lipinski definition) is 4. The zero-order valence-corrected chi connectivity index (χ0v) is 9.87. The lowest BCUT2D eigenvalue weighted by Gasteiger charge is -2.16. The lowest BCUT2D eigenvalue weighted by Crippen LogP contribution is -2.29. The van der Waals surface area contributed by atoms with Crippen molar-refractivity contribution in [3.05, 3.63) is 33.8 Å². The number of benzene rings is 1. The minimum absolute atomic E-state index is 0.232.